The van der Waals surface area contributed by atoms with Crippen LogP contribution in [0.5, 0.6) is 0 Å². The summed E-state index contributed by atoms with van der Waals surface area (Å²) >= 11 is 1.38. The third kappa shape index (κ3) is 4.27. The van der Waals surface area contributed by atoms with Gasteiger partial charge in [0.1, 0.15) is 4.88 Å². The molecule has 1 aliphatic rings. The van der Waals surface area contributed by atoms with Crippen LogP contribution < -0.4 is 10.6 Å². The largest absolute Gasteiger partial charge is 0.376 e. The summed E-state index contributed by atoms with van der Waals surface area (Å²) < 4.78 is 5.57. The van der Waals surface area contributed by atoms with Crippen molar-refractivity contribution in [3.8, 4) is 0 Å². The molecule has 1 fully saturated rings. The molecule has 0 radical (unpaired) electrons. The van der Waals surface area contributed by atoms with Crippen LogP contribution in [0.3, 0.4) is 0 Å². The number of nitrogens with zero attached hydrogens (tertiary/aromatic N) is 2. The van der Waals surface area contributed by atoms with Gasteiger partial charge >= 0.3 is 0 Å². The summed E-state index contributed by atoms with van der Waals surface area (Å²) in [6.07, 6.45) is 4.16. The minimum Gasteiger partial charge on any atom is -0.376 e. The first-order valence-corrected chi connectivity index (χ1v) is 8.55. The van der Waals surface area contributed by atoms with E-state index in [9.17, 15) is 4.79 Å². The molecule has 3 rings (SSSR count). The first kappa shape index (κ1) is 15.9. The Morgan fingerprint density at radius 1 is 1.48 bits per heavy atom. The molecule has 2 aromatic heterocycles. The van der Waals surface area contributed by atoms with Crippen LogP contribution in [0.25, 0.3) is 0 Å². The van der Waals surface area contributed by atoms with E-state index in [0.717, 1.165) is 42.5 Å². The zero-order valence-corrected chi connectivity index (χ0v) is 13.9. The van der Waals surface area contributed by atoms with Crippen LogP contribution in [0.1, 0.15) is 33.9 Å². The predicted molar refractivity (Wildman–Crippen MR) is 89.7 cm³/mol. The highest BCUT2D eigenvalue weighted by molar-refractivity contribution is 7.17. The quantitative estimate of drug-likeness (QED) is 0.849. The average Bonchev–Trinajstić information content (AvgIpc) is 3.21. The van der Waals surface area contributed by atoms with Crippen LogP contribution in [0, 0.1) is 6.92 Å². The summed E-state index contributed by atoms with van der Waals surface area (Å²) in [6, 6.07) is 5.64. The molecule has 1 amide bonds. The number of aryl methyl sites for hydroxylation is 1. The molecule has 122 valence electrons. The zero-order chi connectivity index (χ0) is 16.1. The van der Waals surface area contributed by atoms with Gasteiger partial charge in [-0.25, -0.2) is 4.98 Å². The number of pyridine rings is 1. The summed E-state index contributed by atoms with van der Waals surface area (Å²) in [5, 5.41) is 6.91. The van der Waals surface area contributed by atoms with Crippen LogP contribution in [-0.4, -0.2) is 35.1 Å². The van der Waals surface area contributed by atoms with Crippen LogP contribution in [-0.2, 0) is 11.3 Å². The molecule has 6 nitrogen and oxygen atoms in total. The second kappa shape index (κ2) is 7.52. The molecule has 3 heterocycles. The topological polar surface area (TPSA) is 76.1 Å². The van der Waals surface area contributed by atoms with Crippen LogP contribution >= 0.6 is 11.3 Å². The van der Waals surface area contributed by atoms with Gasteiger partial charge in [-0.15, -0.1) is 0 Å². The number of nitrogens with one attached hydrogen (secondary N) is 2. The van der Waals surface area contributed by atoms with Gasteiger partial charge in [-0.1, -0.05) is 17.4 Å². The molecule has 2 aromatic rings. The molecule has 0 bridgehead atoms. The van der Waals surface area contributed by atoms with E-state index in [1.54, 1.807) is 6.20 Å². The monoisotopic (exact) mass is 332 g/mol. The van der Waals surface area contributed by atoms with E-state index in [-0.39, 0.29) is 12.0 Å². The maximum absolute atomic E-state index is 12.3. The number of amides is 1. The minimum absolute atomic E-state index is 0.115. The van der Waals surface area contributed by atoms with Gasteiger partial charge in [0.15, 0.2) is 5.13 Å². The Morgan fingerprint density at radius 2 is 2.39 bits per heavy atom. The van der Waals surface area contributed by atoms with E-state index in [2.05, 4.69) is 20.6 Å². The maximum atomic E-state index is 12.3. The van der Waals surface area contributed by atoms with Crippen molar-refractivity contribution < 1.29 is 9.53 Å². The summed E-state index contributed by atoms with van der Waals surface area (Å²) in [7, 11) is 0. The molecular weight excluding hydrogens is 312 g/mol. The molecule has 1 saturated heterocycles. The molecule has 7 heteroatoms. The van der Waals surface area contributed by atoms with Crippen LogP contribution in [0.4, 0.5) is 5.13 Å². The van der Waals surface area contributed by atoms with Crippen molar-refractivity contribution in [2.75, 3.05) is 18.5 Å². The highest BCUT2D eigenvalue weighted by Crippen LogP contribution is 2.23. The van der Waals surface area contributed by atoms with Crippen molar-refractivity contribution >= 4 is 22.4 Å². The Morgan fingerprint density at radius 3 is 3.13 bits per heavy atom. The van der Waals surface area contributed by atoms with Gasteiger partial charge < -0.3 is 15.4 Å². The van der Waals surface area contributed by atoms with Gasteiger partial charge in [-0.2, -0.15) is 0 Å². The van der Waals surface area contributed by atoms with Crippen molar-refractivity contribution in [2.24, 2.45) is 0 Å². The molecule has 1 atom stereocenters. The van der Waals surface area contributed by atoms with Crippen molar-refractivity contribution in [3.05, 3.63) is 40.7 Å². The molecule has 0 aromatic carbocycles. The van der Waals surface area contributed by atoms with Gasteiger partial charge in [-0.05, 0) is 31.9 Å². The second-order valence-electron chi connectivity index (χ2n) is 5.45. The van der Waals surface area contributed by atoms with Gasteiger partial charge in [0, 0.05) is 19.3 Å². The number of thiazole rings is 1. The van der Waals surface area contributed by atoms with Gasteiger partial charge in [0.05, 0.1) is 24.0 Å². The number of rotatable bonds is 6. The van der Waals surface area contributed by atoms with E-state index in [0.29, 0.717) is 11.4 Å². The molecule has 0 unspecified atom stereocenters. The molecule has 0 spiro atoms. The Balaban J connectivity index is 1.55. The minimum atomic E-state index is -0.115. The lowest BCUT2D eigenvalue weighted by Crippen LogP contribution is -2.23. The van der Waals surface area contributed by atoms with Gasteiger partial charge in [0.2, 0.25) is 0 Å². The third-order valence-corrected chi connectivity index (χ3v) is 4.78. The Labute approximate surface area is 139 Å². The number of carbonyl (C=O) groups excluding carboxylic acids is 1. The SMILES string of the molecule is Cc1nc(NC[C@@H]2CCCO2)sc1C(=O)NCc1ccccn1. The lowest BCUT2D eigenvalue weighted by molar-refractivity contribution is 0.0953. The Kier molecular flexibility index (Phi) is 5.19. The summed E-state index contributed by atoms with van der Waals surface area (Å²) in [6.45, 7) is 3.84. The molecule has 0 aliphatic carbocycles. The highest BCUT2D eigenvalue weighted by atomic mass is 32.1. The Bertz CT molecular complexity index is 653. The van der Waals surface area contributed by atoms with E-state index in [1.807, 2.05) is 25.1 Å². The molecule has 0 saturated carbocycles. The average molecular weight is 332 g/mol. The third-order valence-electron chi connectivity index (χ3n) is 3.66. The first-order valence-electron chi connectivity index (χ1n) is 7.73. The fourth-order valence-electron chi connectivity index (χ4n) is 2.44. The lowest BCUT2D eigenvalue weighted by atomic mass is 10.2. The van der Waals surface area contributed by atoms with Crippen LogP contribution in [0.2, 0.25) is 0 Å². The predicted octanol–water partition coefficient (Wildman–Crippen LogP) is 2.37. The van der Waals surface area contributed by atoms with Crippen molar-refractivity contribution in [3.63, 3.8) is 0 Å². The van der Waals surface area contributed by atoms with E-state index in [4.69, 9.17) is 4.74 Å². The smallest absolute Gasteiger partial charge is 0.263 e. The number of ether oxygens (including phenoxy) is 1. The number of hydrogen-bond acceptors (Lipinski definition) is 6. The Hall–Kier alpha value is -1.99. The first-order chi connectivity index (χ1) is 11.2. The molecular formula is C16H20N4O2S. The summed E-state index contributed by atoms with van der Waals surface area (Å²) in [5.41, 5.74) is 1.57. The fourth-order valence-corrected chi connectivity index (χ4v) is 3.33. The van der Waals surface area contributed by atoms with Crippen molar-refractivity contribution in [1.82, 2.24) is 15.3 Å². The second-order valence-corrected chi connectivity index (χ2v) is 6.45. The number of carbonyl (C=O) groups is 1. The van der Waals surface area contributed by atoms with E-state index in [1.165, 1.54) is 11.3 Å². The maximum Gasteiger partial charge on any atom is 0.263 e. The number of anilines is 1. The van der Waals surface area contributed by atoms with E-state index >= 15 is 0 Å². The summed E-state index contributed by atoms with van der Waals surface area (Å²) in [4.78, 5) is 21.5. The van der Waals surface area contributed by atoms with Gasteiger partial charge in [-0.3, -0.25) is 9.78 Å². The summed E-state index contributed by atoms with van der Waals surface area (Å²) in [5.74, 6) is -0.115. The lowest BCUT2D eigenvalue weighted by Gasteiger charge is -2.09. The molecule has 1 aliphatic heterocycles. The van der Waals surface area contributed by atoms with Gasteiger partial charge in [0.25, 0.3) is 5.91 Å². The normalized spacial score (nSPS) is 17.2. The molecule has 2 N–H and O–H groups in total. The van der Waals surface area contributed by atoms with Crippen LogP contribution in [0.15, 0.2) is 24.4 Å². The zero-order valence-electron chi connectivity index (χ0n) is 13.0. The molecule has 23 heavy (non-hydrogen) atoms. The standard InChI is InChI=1S/C16H20N4O2S/c1-11-14(15(21)18-9-12-5-2-3-7-17-12)23-16(20-11)19-10-13-6-4-8-22-13/h2-3,5,7,13H,4,6,8-10H2,1H3,(H,18,21)(H,19,20)/t13-/m0/s1. The number of hydrogen-bond donors (Lipinski definition) is 2. The highest BCUT2D eigenvalue weighted by Gasteiger charge is 2.18. The fraction of sp³-hybridized carbons (Fsp3) is 0.438. The van der Waals surface area contributed by atoms with Crippen molar-refractivity contribution in [1.29, 1.82) is 0 Å². The van der Waals surface area contributed by atoms with E-state index < -0.39 is 0 Å². The van der Waals surface area contributed by atoms with Crippen molar-refractivity contribution in [2.45, 2.75) is 32.4 Å². The number of aromatic nitrogens is 2.